The second-order valence-electron chi connectivity index (χ2n) is 5.50. The van der Waals surface area contributed by atoms with Crippen LogP contribution in [-0.2, 0) is 10.0 Å². The van der Waals surface area contributed by atoms with E-state index in [1.165, 1.54) is 4.31 Å². The summed E-state index contributed by atoms with van der Waals surface area (Å²) >= 11 is 0. The van der Waals surface area contributed by atoms with Crippen LogP contribution in [0, 0.1) is 5.92 Å². The molecule has 0 saturated carbocycles. The Morgan fingerprint density at radius 3 is 2.15 bits per heavy atom. The van der Waals surface area contributed by atoms with E-state index in [-0.39, 0.29) is 6.04 Å². The Balaban J connectivity index is 2.76. The summed E-state index contributed by atoms with van der Waals surface area (Å²) < 4.78 is 25.2. The molecule has 1 N–H and O–H groups in total. The van der Waals surface area contributed by atoms with Gasteiger partial charge in [-0.25, -0.2) is 12.7 Å². The second-order valence-corrected chi connectivity index (χ2v) is 7.65. The van der Waals surface area contributed by atoms with Crippen molar-refractivity contribution in [2.75, 3.05) is 20.6 Å². The lowest BCUT2D eigenvalue weighted by Gasteiger charge is -2.18. The van der Waals surface area contributed by atoms with Crippen molar-refractivity contribution in [3.05, 3.63) is 29.8 Å². The third kappa shape index (κ3) is 4.30. The zero-order valence-corrected chi connectivity index (χ0v) is 13.9. The zero-order valence-electron chi connectivity index (χ0n) is 13.1. The lowest BCUT2D eigenvalue weighted by molar-refractivity contribution is 0.461. The maximum Gasteiger partial charge on any atom is 0.242 e. The molecule has 0 bridgehead atoms. The molecule has 2 atom stereocenters. The molecule has 2 unspecified atom stereocenters. The highest BCUT2D eigenvalue weighted by Gasteiger charge is 2.17. The number of hydrogen-bond donors (Lipinski definition) is 1. The molecular formula is C15H26N2O2S. The van der Waals surface area contributed by atoms with Crippen molar-refractivity contribution in [3.63, 3.8) is 0 Å². The molecule has 5 heteroatoms. The van der Waals surface area contributed by atoms with Crippen LogP contribution in [0.25, 0.3) is 0 Å². The second kappa shape index (κ2) is 7.20. The van der Waals surface area contributed by atoms with E-state index in [0.717, 1.165) is 18.5 Å². The molecule has 20 heavy (non-hydrogen) atoms. The van der Waals surface area contributed by atoms with E-state index < -0.39 is 10.0 Å². The first-order valence-electron chi connectivity index (χ1n) is 7.05. The summed E-state index contributed by atoms with van der Waals surface area (Å²) in [5.74, 6) is 0.644. The third-order valence-corrected chi connectivity index (χ3v) is 5.46. The van der Waals surface area contributed by atoms with Gasteiger partial charge in [-0.15, -0.1) is 0 Å². The largest absolute Gasteiger partial charge is 0.310 e. The number of benzene rings is 1. The highest BCUT2D eigenvalue weighted by atomic mass is 32.2. The minimum absolute atomic E-state index is 0.222. The molecule has 1 aromatic carbocycles. The summed E-state index contributed by atoms with van der Waals surface area (Å²) in [7, 11) is -0.254. The fourth-order valence-electron chi connectivity index (χ4n) is 1.78. The normalized spacial score (nSPS) is 15.3. The van der Waals surface area contributed by atoms with Crippen molar-refractivity contribution in [2.24, 2.45) is 5.92 Å². The highest BCUT2D eigenvalue weighted by molar-refractivity contribution is 7.89. The van der Waals surface area contributed by atoms with Crippen LogP contribution in [0.5, 0.6) is 0 Å². The third-order valence-electron chi connectivity index (χ3n) is 3.63. The van der Waals surface area contributed by atoms with Gasteiger partial charge in [0.1, 0.15) is 0 Å². The van der Waals surface area contributed by atoms with Crippen molar-refractivity contribution in [1.29, 1.82) is 0 Å². The molecule has 0 aliphatic rings. The minimum atomic E-state index is -3.34. The Kier molecular flexibility index (Phi) is 6.17. The van der Waals surface area contributed by atoms with Crippen molar-refractivity contribution in [1.82, 2.24) is 9.62 Å². The van der Waals surface area contributed by atoms with Gasteiger partial charge in [-0.1, -0.05) is 32.4 Å². The van der Waals surface area contributed by atoms with Gasteiger partial charge in [-0.2, -0.15) is 0 Å². The van der Waals surface area contributed by atoms with Crippen LogP contribution in [0.3, 0.4) is 0 Å². The van der Waals surface area contributed by atoms with E-state index in [1.807, 2.05) is 12.1 Å². The van der Waals surface area contributed by atoms with E-state index in [4.69, 9.17) is 0 Å². The van der Waals surface area contributed by atoms with Gasteiger partial charge in [0, 0.05) is 20.1 Å². The monoisotopic (exact) mass is 298 g/mol. The van der Waals surface area contributed by atoms with Crippen LogP contribution < -0.4 is 5.32 Å². The van der Waals surface area contributed by atoms with Crippen LogP contribution in [-0.4, -0.2) is 33.4 Å². The quantitative estimate of drug-likeness (QED) is 0.842. The number of nitrogens with zero attached hydrogens (tertiary/aromatic N) is 1. The predicted molar refractivity (Wildman–Crippen MR) is 83.2 cm³/mol. The van der Waals surface area contributed by atoms with Crippen LogP contribution in [0.4, 0.5) is 0 Å². The lowest BCUT2D eigenvalue weighted by Crippen LogP contribution is -2.24. The fourth-order valence-corrected chi connectivity index (χ4v) is 2.68. The summed E-state index contributed by atoms with van der Waals surface area (Å²) in [6.07, 6.45) is 1.15. The number of nitrogens with one attached hydrogen (secondary N) is 1. The van der Waals surface area contributed by atoms with Crippen LogP contribution in [0.2, 0.25) is 0 Å². The summed E-state index contributed by atoms with van der Waals surface area (Å²) in [6.45, 7) is 7.46. The van der Waals surface area contributed by atoms with Crippen molar-refractivity contribution >= 4 is 10.0 Å². The smallest absolute Gasteiger partial charge is 0.242 e. The van der Waals surface area contributed by atoms with Gasteiger partial charge in [0.05, 0.1) is 4.90 Å². The maximum absolute atomic E-state index is 12.0. The van der Waals surface area contributed by atoms with Gasteiger partial charge in [0.15, 0.2) is 0 Å². The fraction of sp³-hybridized carbons (Fsp3) is 0.600. The highest BCUT2D eigenvalue weighted by Crippen LogP contribution is 2.18. The van der Waals surface area contributed by atoms with Gasteiger partial charge >= 0.3 is 0 Å². The van der Waals surface area contributed by atoms with Gasteiger partial charge in [0.2, 0.25) is 10.0 Å². The molecule has 0 heterocycles. The van der Waals surface area contributed by atoms with Crippen LogP contribution in [0.15, 0.2) is 29.2 Å². The van der Waals surface area contributed by atoms with E-state index in [2.05, 4.69) is 26.1 Å². The molecule has 0 saturated heterocycles. The molecule has 0 spiro atoms. The SMILES string of the molecule is CCC(C)CNC(C)c1ccc(S(=O)(=O)N(C)C)cc1. The molecule has 1 rings (SSSR count). The van der Waals surface area contributed by atoms with E-state index in [0.29, 0.717) is 10.8 Å². The number of rotatable bonds is 7. The Morgan fingerprint density at radius 1 is 1.15 bits per heavy atom. The van der Waals surface area contributed by atoms with Crippen molar-refractivity contribution in [2.45, 2.75) is 38.1 Å². The molecule has 0 radical (unpaired) electrons. The summed E-state index contributed by atoms with van der Waals surface area (Å²) in [4.78, 5) is 0.334. The van der Waals surface area contributed by atoms with Crippen LogP contribution >= 0.6 is 0 Å². The van der Waals surface area contributed by atoms with E-state index in [9.17, 15) is 8.42 Å². The minimum Gasteiger partial charge on any atom is -0.310 e. The molecule has 0 fully saturated rings. The van der Waals surface area contributed by atoms with Gasteiger partial charge in [-0.3, -0.25) is 0 Å². The molecule has 0 aliphatic heterocycles. The molecule has 0 amide bonds. The topological polar surface area (TPSA) is 49.4 Å². The van der Waals surface area contributed by atoms with E-state index in [1.54, 1.807) is 26.2 Å². The standard InChI is InChI=1S/C15H26N2O2S/c1-6-12(2)11-16-13(3)14-7-9-15(10-8-14)20(18,19)17(4)5/h7-10,12-13,16H,6,11H2,1-5H3. The van der Waals surface area contributed by atoms with Gasteiger partial charge < -0.3 is 5.32 Å². The molecule has 0 aliphatic carbocycles. The Hall–Kier alpha value is -0.910. The molecule has 114 valence electrons. The van der Waals surface area contributed by atoms with Crippen molar-refractivity contribution in [3.8, 4) is 0 Å². The maximum atomic E-state index is 12.0. The predicted octanol–water partition coefficient (Wildman–Crippen LogP) is 2.63. The lowest BCUT2D eigenvalue weighted by atomic mass is 10.1. The summed E-state index contributed by atoms with van der Waals surface area (Å²) in [5.41, 5.74) is 1.10. The summed E-state index contributed by atoms with van der Waals surface area (Å²) in [5, 5.41) is 3.47. The number of hydrogen-bond acceptors (Lipinski definition) is 3. The number of sulfonamides is 1. The van der Waals surface area contributed by atoms with Gasteiger partial charge in [-0.05, 0) is 37.1 Å². The Morgan fingerprint density at radius 2 is 1.70 bits per heavy atom. The Labute approximate surface area is 123 Å². The van der Waals surface area contributed by atoms with Gasteiger partial charge in [0.25, 0.3) is 0 Å². The average molecular weight is 298 g/mol. The first kappa shape index (κ1) is 17.1. The van der Waals surface area contributed by atoms with Crippen molar-refractivity contribution < 1.29 is 8.42 Å². The molecular weight excluding hydrogens is 272 g/mol. The first-order chi connectivity index (χ1) is 9.28. The molecule has 0 aromatic heterocycles. The Bertz CT molecular complexity index is 509. The molecule has 4 nitrogen and oxygen atoms in total. The first-order valence-corrected chi connectivity index (χ1v) is 8.49. The molecule has 1 aromatic rings. The van der Waals surface area contributed by atoms with E-state index >= 15 is 0 Å². The zero-order chi connectivity index (χ0) is 15.3. The average Bonchev–Trinajstić information content (AvgIpc) is 2.44. The summed E-state index contributed by atoms with van der Waals surface area (Å²) in [6, 6.07) is 7.33. The van der Waals surface area contributed by atoms with Crippen LogP contribution in [0.1, 0.15) is 38.8 Å².